The van der Waals surface area contributed by atoms with Gasteiger partial charge in [0.2, 0.25) is 5.60 Å². The summed E-state index contributed by atoms with van der Waals surface area (Å²) in [5, 5.41) is 8.46. The second-order valence-corrected chi connectivity index (χ2v) is 1.87. The maximum absolute atomic E-state index is 11.6. The minimum Gasteiger partial charge on any atom is -0.375 e. The van der Waals surface area contributed by atoms with Crippen LogP contribution in [0, 0.1) is 0 Å². The van der Waals surface area contributed by atoms with Crippen LogP contribution in [0.1, 0.15) is 6.92 Å². The number of nitrogens with one attached hydrogen (secondary N) is 1. The molecule has 60 valence electrons. The molecule has 2 N–H and O–H groups in total. The molecule has 0 aromatic rings. The number of alkyl halides is 2. The average Bonchev–Trinajstić information content (AvgIpc) is 1.86. The van der Waals surface area contributed by atoms with Crippen molar-refractivity contribution in [3.8, 4) is 0 Å². The first-order valence-electron chi connectivity index (χ1n) is 2.34. The van der Waals surface area contributed by atoms with Crippen LogP contribution in [0.5, 0.6) is 0 Å². The second-order valence-electron chi connectivity index (χ2n) is 1.87. The Hall–Kier alpha value is -0.780. The fourth-order valence-electron chi connectivity index (χ4n) is 0.195. The molecule has 0 rings (SSSR count). The number of hydrogen-bond donors (Lipinski definition) is 2. The van der Waals surface area contributed by atoms with Crippen LogP contribution in [0.4, 0.5) is 13.3 Å². The molecule has 0 aromatic heterocycles. The summed E-state index contributed by atoms with van der Waals surface area (Å²) in [6, 6.07) is 0. The number of halogens is 3. The maximum Gasteiger partial charge on any atom is 0.285 e. The third-order valence-corrected chi connectivity index (χ3v) is 0.970. The summed E-state index contributed by atoms with van der Waals surface area (Å²) in [5.74, 6) is -1.75. The molecule has 1 atom stereocenters. The van der Waals surface area contributed by atoms with Gasteiger partial charge >= 0.3 is 0 Å². The molecule has 0 radical (unpaired) electrons. The molecule has 0 bridgehead atoms. The van der Waals surface area contributed by atoms with Gasteiger partial charge in [0.1, 0.15) is 0 Å². The van der Waals surface area contributed by atoms with Crippen molar-refractivity contribution in [2.24, 2.45) is 0 Å². The number of carbonyl (C=O) groups is 1. The van der Waals surface area contributed by atoms with Crippen LogP contribution in [0.3, 0.4) is 0 Å². The Morgan fingerprint density at radius 2 is 2.10 bits per heavy atom. The molecule has 0 spiro atoms. The average molecular weight is 157 g/mol. The van der Waals surface area contributed by atoms with Gasteiger partial charge < -0.3 is 5.11 Å². The third-order valence-electron chi connectivity index (χ3n) is 0.970. The lowest BCUT2D eigenvalue weighted by Crippen LogP contribution is -2.47. The maximum atomic E-state index is 11.6. The van der Waals surface area contributed by atoms with E-state index in [1.807, 2.05) is 0 Å². The van der Waals surface area contributed by atoms with Crippen molar-refractivity contribution in [1.29, 1.82) is 0 Å². The lowest BCUT2D eigenvalue weighted by Gasteiger charge is -2.17. The monoisotopic (exact) mass is 157 g/mol. The lowest BCUT2D eigenvalue weighted by atomic mass is 10.1. The summed E-state index contributed by atoms with van der Waals surface area (Å²) in [4.78, 5) is 10.1. The highest BCUT2D eigenvalue weighted by atomic mass is 19.3. The number of rotatable bonds is 2. The molecule has 3 nitrogen and oxygen atoms in total. The van der Waals surface area contributed by atoms with Crippen molar-refractivity contribution in [3.05, 3.63) is 0 Å². The van der Waals surface area contributed by atoms with Crippen LogP contribution < -0.4 is 5.54 Å². The van der Waals surface area contributed by atoms with E-state index in [4.69, 9.17) is 5.11 Å². The van der Waals surface area contributed by atoms with Crippen molar-refractivity contribution >= 4 is 5.91 Å². The van der Waals surface area contributed by atoms with Gasteiger partial charge in [0.15, 0.2) is 0 Å². The number of amides is 1. The van der Waals surface area contributed by atoms with Crippen molar-refractivity contribution in [1.82, 2.24) is 5.54 Å². The highest BCUT2D eigenvalue weighted by Crippen LogP contribution is 2.14. The third kappa shape index (κ3) is 1.60. The Labute approximate surface area is 54.8 Å². The van der Waals surface area contributed by atoms with Crippen LogP contribution >= 0.6 is 0 Å². The van der Waals surface area contributed by atoms with E-state index < -0.39 is 17.9 Å². The molecule has 0 aliphatic carbocycles. The molecule has 0 aliphatic heterocycles. The normalized spacial score (nSPS) is 16.6. The van der Waals surface area contributed by atoms with E-state index in [2.05, 4.69) is 0 Å². The van der Waals surface area contributed by atoms with Crippen molar-refractivity contribution < 1.29 is 23.2 Å². The van der Waals surface area contributed by atoms with Gasteiger partial charge in [-0.2, -0.15) is 5.54 Å². The smallest absolute Gasteiger partial charge is 0.285 e. The summed E-state index contributed by atoms with van der Waals surface area (Å²) in [7, 11) is 0. The highest BCUT2D eigenvalue weighted by Gasteiger charge is 2.40. The molecule has 0 aromatic carbocycles. The molecule has 0 aliphatic rings. The van der Waals surface area contributed by atoms with Crippen molar-refractivity contribution in [3.63, 3.8) is 0 Å². The molecule has 1 amide bonds. The summed E-state index contributed by atoms with van der Waals surface area (Å²) >= 11 is 0. The van der Waals surface area contributed by atoms with Crippen LogP contribution in [0.2, 0.25) is 0 Å². The minimum atomic E-state index is -3.30. The SMILES string of the molecule is CC(O)(C(=O)NF)C(F)F. The van der Waals surface area contributed by atoms with Gasteiger partial charge in [-0.15, -0.1) is 4.48 Å². The predicted molar refractivity (Wildman–Crippen MR) is 25.9 cm³/mol. The first kappa shape index (κ1) is 9.22. The molecule has 6 heteroatoms. The Kier molecular flexibility index (Phi) is 2.65. The molecule has 0 fully saturated rings. The largest absolute Gasteiger partial charge is 0.375 e. The number of carbonyl (C=O) groups excluding carboxylic acids is 1. The fraction of sp³-hybridized carbons (Fsp3) is 0.750. The molecular weight excluding hydrogens is 151 g/mol. The van der Waals surface area contributed by atoms with Crippen LogP contribution in [0.25, 0.3) is 0 Å². The first-order chi connectivity index (χ1) is 4.42. The van der Waals surface area contributed by atoms with Gasteiger partial charge in [0.05, 0.1) is 0 Å². The summed E-state index contributed by atoms with van der Waals surface area (Å²) in [5.41, 5.74) is -2.53. The highest BCUT2D eigenvalue weighted by molar-refractivity contribution is 5.83. The van der Waals surface area contributed by atoms with Crippen LogP contribution in [-0.4, -0.2) is 23.0 Å². The van der Waals surface area contributed by atoms with Crippen LogP contribution in [0.15, 0.2) is 0 Å². The first-order valence-corrected chi connectivity index (χ1v) is 2.34. The van der Waals surface area contributed by atoms with E-state index >= 15 is 0 Å². The zero-order chi connectivity index (χ0) is 8.36. The minimum absolute atomic E-state index is 0.418. The van der Waals surface area contributed by atoms with E-state index in [9.17, 15) is 18.1 Å². The van der Waals surface area contributed by atoms with Crippen molar-refractivity contribution in [2.45, 2.75) is 19.0 Å². The predicted octanol–water partition coefficient (Wildman–Crippen LogP) is 0.00320. The van der Waals surface area contributed by atoms with Gasteiger partial charge in [-0.05, 0) is 6.92 Å². The Morgan fingerprint density at radius 3 is 2.20 bits per heavy atom. The molecule has 0 saturated heterocycles. The Bertz CT molecular complexity index is 136. The van der Waals surface area contributed by atoms with E-state index in [0.29, 0.717) is 12.5 Å². The second kappa shape index (κ2) is 2.87. The topological polar surface area (TPSA) is 49.3 Å². The van der Waals surface area contributed by atoms with Gasteiger partial charge in [0, 0.05) is 0 Å². The summed E-state index contributed by atoms with van der Waals surface area (Å²) < 4.78 is 34.3. The van der Waals surface area contributed by atoms with E-state index in [1.54, 1.807) is 0 Å². The molecule has 0 heterocycles. The Balaban J connectivity index is 4.24. The fourth-order valence-corrected chi connectivity index (χ4v) is 0.195. The van der Waals surface area contributed by atoms with E-state index in [-0.39, 0.29) is 0 Å². The summed E-state index contributed by atoms with van der Waals surface area (Å²) in [6.07, 6.45) is -3.30. The summed E-state index contributed by atoms with van der Waals surface area (Å²) in [6.45, 7) is 0.520. The molecule has 10 heavy (non-hydrogen) atoms. The lowest BCUT2D eigenvalue weighted by molar-refractivity contribution is -0.158. The zero-order valence-electron chi connectivity index (χ0n) is 5.07. The van der Waals surface area contributed by atoms with Gasteiger partial charge in [0.25, 0.3) is 12.3 Å². The van der Waals surface area contributed by atoms with E-state index in [1.165, 1.54) is 0 Å². The quantitative estimate of drug-likeness (QED) is 0.554. The molecular formula is C4H6F3NO2. The standard InChI is InChI=1S/C4H6F3NO2/c1-4(10,2(5)6)3(9)8-7/h2,10H,1H3,(H,8,9). The Morgan fingerprint density at radius 1 is 1.70 bits per heavy atom. The van der Waals surface area contributed by atoms with Crippen LogP contribution in [-0.2, 0) is 4.79 Å². The number of aliphatic hydroxyl groups is 1. The zero-order valence-corrected chi connectivity index (χ0v) is 5.07. The van der Waals surface area contributed by atoms with Gasteiger partial charge in [-0.3, -0.25) is 4.79 Å². The molecule has 0 saturated carbocycles. The molecule has 1 unspecified atom stereocenters. The van der Waals surface area contributed by atoms with Crippen molar-refractivity contribution in [2.75, 3.05) is 0 Å². The van der Waals surface area contributed by atoms with E-state index in [0.717, 1.165) is 0 Å². The van der Waals surface area contributed by atoms with Gasteiger partial charge in [-0.25, -0.2) is 8.78 Å². The number of hydrogen-bond acceptors (Lipinski definition) is 2. The van der Waals surface area contributed by atoms with Gasteiger partial charge in [-0.1, -0.05) is 0 Å².